The third-order valence-corrected chi connectivity index (χ3v) is 2.86. The number of benzene rings is 1. The number of nitrogens with two attached hydrogens (primary N) is 1. The van der Waals surface area contributed by atoms with E-state index in [0.29, 0.717) is 18.8 Å². The van der Waals surface area contributed by atoms with Crippen molar-refractivity contribution in [1.82, 2.24) is 4.98 Å². The SMILES string of the molecule is CCOc1ccc(NCc2ccnc(C(N)=NO)c2)cc1. The molecule has 2 rings (SSSR count). The molecule has 4 N–H and O–H groups in total. The largest absolute Gasteiger partial charge is 0.494 e. The Hall–Kier alpha value is -2.76. The topological polar surface area (TPSA) is 92.8 Å². The van der Waals surface area contributed by atoms with Crippen molar-refractivity contribution >= 4 is 11.5 Å². The van der Waals surface area contributed by atoms with Crippen LogP contribution >= 0.6 is 0 Å². The van der Waals surface area contributed by atoms with Crippen molar-refractivity contribution in [3.8, 4) is 5.75 Å². The summed E-state index contributed by atoms with van der Waals surface area (Å²) in [6.07, 6.45) is 1.63. The maximum absolute atomic E-state index is 8.65. The molecule has 6 heteroatoms. The lowest BCUT2D eigenvalue weighted by Crippen LogP contribution is -2.15. The van der Waals surface area contributed by atoms with Crippen molar-refractivity contribution in [3.05, 3.63) is 53.9 Å². The Morgan fingerprint density at radius 2 is 2.10 bits per heavy atom. The van der Waals surface area contributed by atoms with Gasteiger partial charge in [0, 0.05) is 18.4 Å². The molecule has 1 heterocycles. The summed E-state index contributed by atoms with van der Waals surface area (Å²) in [5.41, 5.74) is 7.94. The normalized spacial score (nSPS) is 11.2. The van der Waals surface area contributed by atoms with E-state index in [4.69, 9.17) is 15.7 Å². The first kappa shape index (κ1) is 14.6. The van der Waals surface area contributed by atoms with Gasteiger partial charge in [-0.3, -0.25) is 4.98 Å². The van der Waals surface area contributed by atoms with E-state index in [2.05, 4.69) is 15.5 Å². The average Bonchev–Trinajstić information content (AvgIpc) is 2.54. The van der Waals surface area contributed by atoms with Crippen LogP contribution in [0.4, 0.5) is 5.69 Å². The Labute approximate surface area is 123 Å². The molecule has 0 amide bonds. The average molecular weight is 286 g/mol. The third-order valence-electron chi connectivity index (χ3n) is 2.86. The number of anilines is 1. The van der Waals surface area contributed by atoms with Crippen LogP contribution in [0, 0.1) is 0 Å². The third kappa shape index (κ3) is 4.10. The van der Waals surface area contributed by atoms with Crippen LogP contribution in [0.25, 0.3) is 0 Å². The van der Waals surface area contributed by atoms with Gasteiger partial charge in [0.1, 0.15) is 11.4 Å². The van der Waals surface area contributed by atoms with Crippen LogP contribution in [0.1, 0.15) is 18.2 Å². The molecule has 0 saturated heterocycles. The number of aromatic nitrogens is 1. The van der Waals surface area contributed by atoms with Crippen LogP contribution in [0.2, 0.25) is 0 Å². The van der Waals surface area contributed by atoms with E-state index in [-0.39, 0.29) is 5.84 Å². The van der Waals surface area contributed by atoms with Gasteiger partial charge < -0.3 is 21.0 Å². The number of nitrogens with one attached hydrogen (secondary N) is 1. The van der Waals surface area contributed by atoms with Gasteiger partial charge >= 0.3 is 0 Å². The molecule has 0 aliphatic carbocycles. The van der Waals surface area contributed by atoms with Crippen molar-refractivity contribution in [3.63, 3.8) is 0 Å². The number of hydrogen-bond acceptors (Lipinski definition) is 5. The van der Waals surface area contributed by atoms with Crippen LogP contribution in [-0.4, -0.2) is 22.6 Å². The van der Waals surface area contributed by atoms with Crippen LogP contribution < -0.4 is 15.8 Å². The second-order valence-corrected chi connectivity index (χ2v) is 4.35. The van der Waals surface area contributed by atoms with Gasteiger partial charge in [0.25, 0.3) is 0 Å². The Morgan fingerprint density at radius 1 is 1.33 bits per heavy atom. The van der Waals surface area contributed by atoms with Crippen molar-refractivity contribution in [2.75, 3.05) is 11.9 Å². The van der Waals surface area contributed by atoms with Gasteiger partial charge in [-0.05, 0) is 48.9 Å². The zero-order chi connectivity index (χ0) is 15.1. The number of hydrogen-bond donors (Lipinski definition) is 3. The first-order valence-electron chi connectivity index (χ1n) is 6.62. The van der Waals surface area contributed by atoms with E-state index in [1.807, 2.05) is 37.3 Å². The summed E-state index contributed by atoms with van der Waals surface area (Å²) >= 11 is 0. The summed E-state index contributed by atoms with van der Waals surface area (Å²) < 4.78 is 5.39. The first-order chi connectivity index (χ1) is 10.2. The summed E-state index contributed by atoms with van der Waals surface area (Å²) in [5, 5.41) is 14.9. The van der Waals surface area contributed by atoms with Crippen LogP contribution in [0.15, 0.2) is 47.8 Å². The number of ether oxygens (including phenoxy) is 1. The Morgan fingerprint density at radius 3 is 2.76 bits per heavy atom. The van der Waals surface area contributed by atoms with E-state index in [9.17, 15) is 0 Å². The van der Waals surface area contributed by atoms with Gasteiger partial charge in [-0.25, -0.2) is 0 Å². The second-order valence-electron chi connectivity index (χ2n) is 4.35. The minimum Gasteiger partial charge on any atom is -0.494 e. The molecule has 2 aromatic rings. The fraction of sp³-hybridized carbons (Fsp3) is 0.200. The number of amidine groups is 1. The molecule has 0 bridgehead atoms. The molecule has 6 nitrogen and oxygen atoms in total. The summed E-state index contributed by atoms with van der Waals surface area (Å²) in [4.78, 5) is 4.04. The predicted octanol–water partition coefficient (Wildman–Crippen LogP) is 2.19. The molecular weight excluding hydrogens is 268 g/mol. The van der Waals surface area contributed by atoms with E-state index < -0.39 is 0 Å². The predicted molar refractivity (Wildman–Crippen MR) is 81.7 cm³/mol. The molecule has 110 valence electrons. The molecule has 0 saturated carbocycles. The van der Waals surface area contributed by atoms with E-state index in [0.717, 1.165) is 17.0 Å². The Bertz CT molecular complexity index is 611. The number of oxime groups is 1. The lowest BCUT2D eigenvalue weighted by atomic mass is 10.2. The van der Waals surface area contributed by atoms with Gasteiger partial charge in [-0.2, -0.15) is 0 Å². The van der Waals surface area contributed by atoms with E-state index in [1.165, 1.54) is 0 Å². The summed E-state index contributed by atoms with van der Waals surface area (Å²) in [6, 6.07) is 11.4. The van der Waals surface area contributed by atoms with Crippen LogP contribution in [-0.2, 0) is 6.54 Å². The highest BCUT2D eigenvalue weighted by Gasteiger charge is 2.02. The molecule has 0 aliphatic rings. The second kappa shape index (κ2) is 7.14. The van der Waals surface area contributed by atoms with Gasteiger partial charge in [0.15, 0.2) is 5.84 Å². The van der Waals surface area contributed by atoms with Gasteiger partial charge in [0.2, 0.25) is 0 Å². The van der Waals surface area contributed by atoms with Crippen molar-refractivity contribution in [1.29, 1.82) is 0 Å². The minimum absolute atomic E-state index is 0.00193. The number of pyridine rings is 1. The van der Waals surface area contributed by atoms with Crippen molar-refractivity contribution < 1.29 is 9.94 Å². The number of rotatable bonds is 6. The standard InChI is InChI=1S/C15H18N4O2/c1-2-21-13-5-3-12(4-6-13)18-10-11-7-8-17-14(9-11)15(16)19-20/h3-9,18,20H,2,10H2,1H3,(H2,16,19). The molecule has 0 radical (unpaired) electrons. The molecular formula is C15H18N4O2. The molecule has 0 aliphatic heterocycles. The highest BCUT2D eigenvalue weighted by atomic mass is 16.5. The monoisotopic (exact) mass is 286 g/mol. The van der Waals surface area contributed by atoms with E-state index in [1.54, 1.807) is 12.3 Å². The highest BCUT2D eigenvalue weighted by Crippen LogP contribution is 2.16. The molecule has 1 aromatic carbocycles. The van der Waals surface area contributed by atoms with Gasteiger partial charge in [-0.15, -0.1) is 0 Å². The lowest BCUT2D eigenvalue weighted by Gasteiger charge is -2.09. The van der Waals surface area contributed by atoms with Crippen molar-refractivity contribution in [2.24, 2.45) is 10.9 Å². The summed E-state index contributed by atoms with van der Waals surface area (Å²) in [6.45, 7) is 3.22. The summed E-state index contributed by atoms with van der Waals surface area (Å²) in [7, 11) is 0. The minimum atomic E-state index is -0.00193. The maximum atomic E-state index is 8.65. The molecule has 21 heavy (non-hydrogen) atoms. The number of nitrogens with zero attached hydrogens (tertiary/aromatic N) is 2. The van der Waals surface area contributed by atoms with Crippen LogP contribution in [0.3, 0.4) is 0 Å². The first-order valence-corrected chi connectivity index (χ1v) is 6.62. The van der Waals surface area contributed by atoms with Crippen molar-refractivity contribution in [2.45, 2.75) is 13.5 Å². The molecule has 0 fully saturated rings. The summed E-state index contributed by atoms with van der Waals surface area (Å²) in [5.74, 6) is 0.846. The zero-order valence-corrected chi connectivity index (χ0v) is 11.8. The zero-order valence-electron chi connectivity index (χ0n) is 11.8. The quantitative estimate of drug-likeness (QED) is 0.327. The van der Waals surface area contributed by atoms with Gasteiger partial charge in [0.05, 0.1) is 6.61 Å². The van der Waals surface area contributed by atoms with Gasteiger partial charge in [-0.1, -0.05) is 5.16 Å². The molecule has 0 spiro atoms. The van der Waals surface area contributed by atoms with Crippen LogP contribution in [0.5, 0.6) is 5.75 Å². The molecule has 1 aromatic heterocycles. The lowest BCUT2D eigenvalue weighted by molar-refractivity contribution is 0.318. The maximum Gasteiger partial charge on any atom is 0.188 e. The smallest absolute Gasteiger partial charge is 0.188 e. The fourth-order valence-corrected chi connectivity index (χ4v) is 1.82. The highest BCUT2D eigenvalue weighted by molar-refractivity contribution is 5.95. The van der Waals surface area contributed by atoms with E-state index >= 15 is 0 Å². The molecule has 0 unspecified atom stereocenters. The molecule has 0 atom stereocenters. The Kier molecular flexibility index (Phi) is 4.98. The Balaban J connectivity index is 1.99. The fourth-order valence-electron chi connectivity index (χ4n) is 1.82.